The van der Waals surface area contributed by atoms with Gasteiger partial charge in [-0.1, -0.05) is 19.1 Å². The van der Waals surface area contributed by atoms with Gasteiger partial charge >= 0.3 is 6.18 Å². The highest BCUT2D eigenvalue weighted by Gasteiger charge is 2.39. The van der Waals surface area contributed by atoms with Gasteiger partial charge in [-0.2, -0.15) is 13.2 Å². The minimum Gasteiger partial charge on any atom is -0.341 e. The lowest BCUT2D eigenvalue weighted by atomic mass is 9.90. The Morgan fingerprint density at radius 1 is 1.38 bits per heavy atom. The molecule has 1 saturated heterocycles. The normalized spacial score (nSPS) is 21.6. The van der Waals surface area contributed by atoms with Gasteiger partial charge in [-0.05, 0) is 30.5 Å². The van der Waals surface area contributed by atoms with E-state index in [2.05, 4.69) is 4.98 Å². The fourth-order valence-electron chi connectivity index (χ4n) is 3.09. The molecular formula is C16H19F3N4O. The standard InChI is InChI=1S/C16H19F3N4O/c1-15(9-20)6-7-22(10-15)13(24)8-23-12-5-3-2-4-11(12)21-14(23)16(17,18)19/h2-5H,6-10,20H2,1H3. The van der Waals surface area contributed by atoms with Crippen LogP contribution >= 0.6 is 0 Å². The maximum atomic E-state index is 13.3. The number of imidazole rings is 1. The lowest BCUT2D eigenvalue weighted by molar-refractivity contribution is -0.148. The number of carbonyl (C=O) groups is 1. The predicted molar refractivity (Wildman–Crippen MR) is 83.1 cm³/mol. The van der Waals surface area contributed by atoms with Crippen molar-refractivity contribution in [1.82, 2.24) is 14.5 Å². The molecule has 0 aliphatic carbocycles. The van der Waals surface area contributed by atoms with Crippen LogP contribution in [0.4, 0.5) is 13.2 Å². The summed E-state index contributed by atoms with van der Waals surface area (Å²) < 4.78 is 40.8. The number of alkyl halides is 3. The second kappa shape index (κ2) is 5.77. The third kappa shape index (κ3) is 2.98. The van der Waals surface area contributed by atoms with Crippen molar-refractivity contribution in [3.05, 3.63) is 30.1 Å². The molecule has 5 nitrogen and oxygen atoms in total. The summed E-state index contributed by atoms with van der Waals surface area (Å²) >= 11 is 0. The number of aromatic nitrogens is 2. The van der Waals surface area contributed by atoms with E-state index in [1.807, 2.05) is 6.92 Å². The summed E-state index contributed by atoms with van der Waals surface area (Å²) in [7, 11) is 0. The summed E-state index contributed by atoms with van der Waals surface area (Å²) in [6, 6.07) is 6.30. The summed E-state index contributed by atoms with van der Waals surface area (Å²) in [6.45, 7) is 3.03. The monoisotopic (exact) mass is 340 g/mol. The number of hydrogen-bond acceptors (Lipinski definition) is 3. The zero-order valence-corrected chi connectivity index (χ0v) is 13.3. The summed E-state index contributed by atoms with van der Waals surface area (Å²) in [6.07, 6.45) is -3.86. The van der Waals surface area contributed by atoms with Crippen molar-refractivity contribution in [2.24, 2.45) is 11.1 Å². The third-order valence-electron chi connectivity index (χ3n) is 4.60. The summed E-state index contributed by atoms with van der Waals surface area (Å²) in [4.78, 5) is 17.7. The topological polar surface area (TPSA) is 64.2 Å². The van der Waals surface area contributed by atoms with E-state index < -0.39 is 12.0 Å². The van der Waals surface area contributed by atoms with Crippen molar-refractivity contribution in [3.8, 4) is 0 Å². The highest BCUT2D eigenvalue weighted by atomic mass is 19.4. The van der Waals surface area contributed by atoms with Gasteiger partial charge in [-0.25, -0.2) is 4.98 Å². The highest BCUT2D eigenvalue weighted by Crippen LogP contribution is 2.32. The molecule has 1 unspecified atom stereocenters. The van der Waals surface area contributed by atoms with Crippen LogP contribution in [-0.2, 0) is 17.5 Å². The van der Waals surface area contributed by atoms with Gasteiger partial charge in [-0.3, -0.25) is 4.79 Å². The molecule has 0 bridgehead atoms. The van der Waals surface area contributed by atoms with Crippen LogP contribution < -0.4 is 5.73 Å². The molecule has 0 spiro atoms. The molecule has 0 radical (unpaired) electrons. The van der Waals surface area contributed by atoms with Crippen LogP contribution in [0.1, 0.15) is 19.2 Å². The van der Waals surface area contributed by atoms with E-state index >= 15 is 0 Å². The molecule has 1 aromatic carbocycles. The van der Waals surface area contributed by atoms with E-state index in [4.69, 9.17) is 5.73 Å². The molecule has 3 rings (SSSR count). The molecule has 2 heterocycles. The van der Waals surface area contributed by atoms with Crippen LogP contribution in [0, 0.1) is 5.41 Å². The molecule has 8 heteroatoms. The first-order chi connectivity index (χ1) is 11.2. The minimum absolute atomic E-state index is 0.167. The van der Waals surface area contributed by atoms with Gasteiger partial charge in [0.05, 0.1) is 11.0 Å². The van der Waals surface area contributed by atoms with Crippen LogP contribution in [0.25, 0.3) is 11.0 Å². The van der Waals surface area contributed by atoms with Crippen LogP contribution in [0.5, 0.6) is 0 Å². The van der Waals surface area contributed by atoms with Gasteiger partial charge in [0, 0.05) is 13.1 Å². The summed E-state index contributed by atoms with van der Waals surface area (Å²) in [5, 5.41) is 0. The number of hydrogen-bond donors (Lipinski definition) is 1. The number of halogens is 3. The smallest absolute Gasteiger partial charge is 0.341 e. The number of carbonyl (C=O) groups excluding carboxylic acids is 1. The number of nitrogens with zero attached hydrogens (tertiary/aromatic N) is 3. The van der Waals surface area contributed by atoms with Crippen molar-refractivity contribution < 1.29 is 18.0 Å². The lowest BCUT2D eigenvalue weighted by Gasteiger charge is -2.23. The van der Waals surface area contributed by atoms with Gasteiger partial charge in [0.2, 0.25) is 11.7 Å². The van der Waals surface area contributed by atoms with E-state index in [9.17, 15) is 18.0 Å². The zero-order chi connectivity index (χ0) is 17.5. The van der Waals surface area contributed by atoms with Crippen molar-refractivity contribution in [3.63, 3.8) is 0 Å². The molecule has 1 amide bonds. The van der Waals surface area contributed by atoms with Gasteiger partial charge < -0.3 is 15.2 Å². The SMILES string of the molecule is CC1(CN)CCN(C(=O)Cn2c(C(F)(F)F)nc3ccccc32)C1. The Labute approximate surface area is 137 Å². The fraction of sp³-hybridized carbons (Fsp3) is 0.500. The minimum atomic E-state index is -4.61. The van der Waals surface area contributed by atoms with Gasteiger partial charge in [0.15, 0.2) is 0 Å². The molecular weight excluding hydrogens is 321 g/mol. The van der Waals surface area contributed by atoms with E-state index in [1.54, 1.807) is 23.1 Å². The van der Waals surface area contributed by atoms with Crippen LogP contribution in [0.2, 0.25) is 0 Å². The quantitative estimate of drug-likeness (QED) is 0.932. The number of nitrogens with two attached hydrogens (primary N) is 1. The predicted octanol–water partition coefficient (Wildman–Crippen LogP) is 2.25. The molecule has 1 aromatic heterocycles. The first-order valence-electron chi connectivity index (χ1n) is 7.74. The third-order valence-corrected chi connectivity index (χ3v) is 4.60. The maximum Gasteiger partial charge on any atom is 0.449 e. The van der Waals surface area contributed by atoms with E-state index in [1.165, 1.54) is 6.07 Å². The van der Waals surface area contributed by atoms with E-state index in [0.29, 0.717) is 25.2 Å². The Balaban J connectivity index is 1.91. The van der Waals surface area contributed by atoms with Gasteiger partial charge in [-0.15, -0.1) is 0 Å². The molecule has 1 aliphatic rings. The average molecular weight is 340 g/mol. The number of amides is 1. The van der Waals surface area contributed by atoms with Crippen LogP contribution in [0.3, 0.4) is 0 Å². The van der Waals surface area contributed by atoms with Crippen molar-refractivity contribution in [2.75, 3.05) is 19.6 Å². The largest absolute Gasteiger partial charge is 0.449 e. The number of para-hydroxylation sites is 2. The van der Waals surface area contributed by atoms with Crippen LogP contribution in [-0.4, -0.2) is 40.0 Å². The van der Waals surface area contributed by atoms with Crippen molar-refractivity contribution >= 4 is 16.9 Å². The highest BCUT2D eigenvalue weighted by molar-refractivity contribution is 5.81. The Hall–Kier alpha value is -2.09. The van der Waals surface area contributed by atoms with Crippen molar-refractivity contribution in [1.29, 1.82) is 0 Å². The Bertz CT molecular complexity index is 770. The van der Waals surface area contributed by atoms with Gasteiger partial charge in [0.1, 0.15) is 6.54 Å². The first kappa shape index (κ1) is 16.8. The maximum absolute atomic E-state index is 13.3. The number of likely N-dealkylation sites (tertiary alicyclic amines) is 1. The molecule has 0 saturated carbocycles. The van der Waals surface area contributed by atoms with E-state index in [0.717, 1.165) is 11.0 Å². The molecule has 1 aliphatic heterocycles. The zero-order valence-electron chi connectivity index (χ0n) is 13.3. The Morgan fingerprint density at radius 3 is 2.71 bits per heavy atom. The molecule has 130 valence electrons. The van der Waals surface area contributed by atoms with Gasteiger partial charge in [0.25, 0.3) is 0 Å². The second-order valence-corrected chi connectivity index (χ2v) is 6.59. The van der Waals surface area contributed by atoms with Crippen molar-refractivity contribution in [2.45, 2.75) is 26.1 Å². The van der Waals surface area contributed by atoms with E-state index in [-0.39, 0.29) is 23.4 Å². The molecule has 2 aromatic rings. The Kier molecular flexibility index (Phi) is 4.03. The fourth-order valence-corrected chi connectivity index (χ4v) is 3.09. The molecule has 1 fully saturated rings. The molecule has 2 N–H and O–H groups in total. The Morgan fingerprint density at radius 2 is 2.08 bits per heavy atom. The summed E-state index contributed by atoms with van der Waals surface area (Å²) in [5.41, 5.74) is 6.09. The summed E-state index contributed by atoms with van der Waals surface area (Å²) in [5.74, 6) is -1.39. The average Bonchev–Trinajstić information content (AvgIpc) is 3.09. The van der Waals surface area contributed by atoms with Crippen LogP contribution in [0.15, 0.2) is 24.3 Å². The number of fused-ring (bicyclic) bond motifs is 1. The molecule has 24 heavy (non-hydrogen) atoms. The first-order valence-corrected chi connectivity index (χ1v) is 7.74. The lowest BCUT2D eigenvalue weighted by Crippen LogP contribution is -2.36. The second-order valence-electron chi connectivity index (χ2n) is 6.59. The number of rotatable bonds is 3. The molecule has 1 atom stereocenters. The number of benzene rings is 1.